The van der Waals surface area contributed by atoms with Gasteiger partial charge < -0.3 is 21.7 Å². The predicted molar refractivity (Wildman–Crippen MR) is 53.7 cm³/mol. The Morgan fingerprint density at radius 1 is 1.13 bits per heavy atom. The minimum atomic E-state index is -0.692. The van der Waals surface area contributed by atoms with Gasteiger partial charge in [0.2, 0.25) is 11.8 Å². The first kappa shape index (κ1) is 13.2. The van der Waals surface area contributed by atoms with Crippen LogP contribution in [0.3, 0.4) is 0 Å². The van der Waals surface area contributed by atoms with Gasteiger partial charge in [-0.2, -0.15) is 0 Å². The Labute approximate surface area is 87.8 Å². The van der Waals surface area contributed by atoms with Gasteiger partial charge in [-0.05, 0) is 6.42 Å². The van der Waals surface area contributed by atoms with Gasteiger partial charge in [-0.1, -0.05) is 6.92 Å². The van der Waals surface area contributed by atoms with E-state index >= 15 is 0 Å². The molecule has 0 heterocycles. The second-order valence-corrected chi connectivity index (χ2v) is 3.02. The van der Waals surface area contributed by atoms with Gasteiger partial charge in [-0.25, -0.2) is 4.79 Å². The number of nitrogens with zero attached hydrogens (tertiary/aromatic N) is 1. The third kappa shape index (κ3) is 6.30. The zero-order valence-corrected chi connectivity index (χ0v) is 8.66. The third-order valence-electron chi connectivity index (χ3n) is 1.51. The van der Waals surface area contributed by atoms with Crippen LogP contribution in [0.25, 0.3) is 0 Å². The summed E-state index contributed by atoms with van der Waals surface area (Å²) in [5.74, 6) is -1.38. The fourth-order valence-corrected chi connectivity index (χ4v) is 0.919. The molecule has 0 unspecified atom stereocenters. The van der Waals surface area contributed by atoms with Crippen molar-refractivity contribution in [1.29, 1.82) is 0 Å². The molecule has 7 nitrogen and oxygen atoms in total. The molecular weight excluding hydrogens is 200 g/mol. The van der Waals surface area contributed by atoms with E-state index in [2.05, 4.69) is 5.32 Å². The van der Waals surface area contributed by atoms with Crippen molar-refractivity contribution in [2.24, 2.45) is 11.5 Å². The third-order valence-corrected chi connectivity index (χ3v) is 1.51. The van der Waals surface area contributed by atoms with E-state index in [0.29, 0.717) is 6.54 Å². The number of hydrogen-bond acceptors (Lipinski definition) is 3. The molecule has 0 spiro atoms. The summed E-state index contributed by atoms with van der Waals surface area (Å²) in [6.07, 6.45) is 0.757. The Bertz CT molecular complexity index is 238. The van der Waals surface area contributed by atoms with E-state index in [9.17, 15) is 14.4 Å². The van der Waals surface area contributed by atoms with E-state index in [0.717, 1.165) is 11.3 Å². The van der Waals surface area contributed by atoms with Crippen LogP contribution in [0.2, 0.25) is 0 Å². The number of amides is 4. The Kier molecular flexibility index (Phi) is 5.84. The molecular formula is C8H16N4O3. The number of rotatable bonds is 6. The molecule has 0 bridgehead atoms. The summed E-state index contributed by atoms with van der Waals surface area (Å²) in [6, 6.07) is -0.519. The highest BCUT2D eigenvalue weighted by atomic mass is 16.2. The quantitative estimate of drug-likeness (QED) is 0.495. The molecule has 0 rings (SSSR count). The number of carbonyl (C=O) groups is 3. The average Bonchev–Trinajstić information content (AvgIpc) is 2.11. The zero-order valence-electron chi connectivity index (χ0n) is 8.66. The van der Waals surface area contributed by atoms with Crippen molar-refractivity contribution in [3.8, 4) is 0 Å². The Morgan fingerprint density at radius 2 is 1.60 bits per heavy atom. The number of hydrogen-bond donors (Lipinski definition) is 3. The van der Waals surface area contributed by atoms with Crippen LogP contribution in [-0.2, 0) is 9.59 Å². The number of carbonyl (C=O) groups excluding carboxylic acids is 3. The highest BCUT2D eigenvalue weighted by molar-refractivity contribution is 5.87. The molecule has 0 aromatic heterocycles. The van der Waals surface area contributed by atoms with E-state index in [1.165, 1.54) is 0 Å². The number of nitrogens with two attached hydrogens (primary N) is 2. The molecule has 0 atom stereocenters. The topological polar surface area (TPSA) is 119 Å². The van der Waals surface area contributed by atoms with Crippen LogP contribution in [0, 0.1) is 0 Å². The van der Waals surface area contributed by atoms with Crippen molar-refractivity contribution in [2.45, 2.75) is 13.3 Å². The molecule has 0 aromatic carbocycles. The predicted octanol–water partition coefficient (Wildman–Crippen LogP) is -1.62. The number of urea groups is 1. The second kappa shape index (κ2) is 6.63. The number of nitrogens with one attached hydrogen (secondary N) is 1. The normalized spacial score (nSPS) is 9.40. The molecule has 0 aromatic rings. The Morgan fingerprint density at radius 3 is 1.93 bits per heavy atom. The summed E-state index contributed by atoms with van der Waals surface area (Å²) < 4.78 is 0. The first-order chi connectivity index (χ1) is 6.97. The molecule has 0 aliphatic rings. The van der Waals surface area contributed by atoms with Crippen LogP contribution in [0.4, 0.5) is 4.79 Å². The Balaban J connectivity index is 4.26. The van der Waals surface area contributed by atoms with Crippen molar-refractivity contribution in [3.05, 3.63) is 0 Å². The van der Waals surface area contributed by atoms with E-state index in [1.807, 2.05) is 6.92 Å². The van der Waals surface area contributed by atoms with Gasteiger partial charge in [0.25, 0.3) is 0 Å². The molecule has 4 amide bonds. The summed E-state index contributed by atoms with van der Waals surface area (Å²) >= 11 is 0. The molecule has 7 heteroatoms. The lowest BCUT2D eigenvalue weighted by atomic mass is 10.4. The van der Waals surface area contributed by atoms with Gasteiger partial charge in [0.15, 0.2) is 0 Å². The molecule has 0 saturated heterocycles. The maximum absolute atomic E-state index is 11.4. The maximum atomic E-state index is 11.4. The highest BCUT2D eigenvalue weighted by Crippen LogP contribution is 1.89. The van der Waals surface area contributed by atoms with Crippen LogP contribution < -0.4 is 16.8 Å². The molecule has 86 valence electrons. The summed E-state index contributed by atoms with van der Waals surface area (Å²) in [5.41, 5.74) is 9.85. The van der Waals surface area contributed by atoms with Crippen molar-refractivity contribution >= 4 is 17.8 Å². The van der Waals surface area contributed by atoms with Gasteiger partial charge in [0, 0.05) is 6.54 Å². The minimum Gasteiger partial charge on any atom is -0.368 e. The Hall–Kier alpha value is -1.79. The standard InChI is InChI=1S/C8H16N4O3/c1-2-3-11-8(15)12(4-6(9)13)5-7(10)14/h2-5H2,1H3,(H2,9,13)(H2,10,14)(H,11,15). The van der Waals surface area contributed by atoms with E-state index in [-0.39, 0.29) is 13.1 Å². The van der Waals surface area contributed by atoms with Crippen LogP contribution in [0.5, 0.6) is 0 Å². The molecule has 15 heavy (non-hydrogen) atoms. The van der Waals surface area contributed by atoms with Gasteiger partial charge in [-0.3, -0.25) is 9.59 Å². The molecule has 0 radical (unpaired) electrons. The van der Waals surface area contributed by atoms with Crippen molar-refractivity contribution < 1.29 is 14.4 Å². The lowest BCUT2D eigenvalue weighted by Gasteiger charge is -2.19. The molecule has 0 aliphatic carbocycles. The molecule has 0 saturated carbocycles. The van der Waals surface area contributed by atoms with Crippen LogP contribution >= 0.6 is 0 Å². The number of primary amides is 2. The SMILES string of the molecule is CCCNC(=O)N(CC(N)=O)CC(N)=O. The van der Waals surface area contributed by atoms with Gasteiger partial charge in [0.05, 0.1) is 0 Å². The second-order valence-electron chi connectivity index (χ2n) is 3.02. The van der Waals surface area contributed by atoms with E-state index in [1.54, 1.807) is 0 Å². The lowest BCUT2D eigenvalue weighted by Crippen LogP contribution is -2.48. The van der Waals surface area contributed by atoms with Crippen molar-refractivity contribution in [3.63, 3.8) is 0 Å². The maximum Gasteiger partial charge on any atom is 0.318 e. The summed E-state index contributed by atoms with van der Waals surface area (Å²) in [4.78, 5) is 33.6. The van der Waals surface area contributed by atoms with Gasteiger partial charge >= 0.3 is 6.03 Å². The van der Waals surface area contributed by atoms with E-state index < -0.39 is 17.8 Å². The largest absolute Gasteiger partial charge is 0.368 e. The van der Waals surface area contributed by atoms with Crippen LogP contribution in [0.1, 0.15) is 13.3 Å². The summed E-state index contributed by atoms with van der Waals surface area (Å²) in [7, 11) is 0. The van der Waals surface area contributed by atoms with Crippen LogP contribution in [-0.4, -0.2) is 42.4 Å². The fraction of sp³-hybridized carbons (Fsp3) is 0.625. The van der Waals surface area contributed by atoms with Crippen LogP contribution in [0.15, 0.2) is 0 Å². The van der Waals surface area contributed by atoms with Gasteiger partial charge in [0.1, 0.15) is 13.1 Å². The first-order valence-corrected chi connectivity index (χ1v) is 4.56. The fourth-order valence-electron chi connectivity index (χ4n) is 0.919. The molecule has 0 aliphatic heterocycles. The van der Waals surface area contributed by atoms with Crippen molar-refractivity contribution in [1.82, 2.24) is 10.2 Å². The average molecular weight is 216 g/mol. The highest BCUT2D eigenvalue weighted by Gasteiger charge is 2.16. The molecule has 0 fully saturated rings. The smallest absolute Gasteiger partial charge is 0.318 e. The summed E-state index contributed by atoms with van der Waals surface area (Å²) in [5, 5.41) is 2.51. The monoisotopic (exact) mass is 216 g/mol. The van der Waals surface area contributed by atoms with E-state index in [4.69, 9.17) is 11.5 Å². The lowest BCUT2D eigenvalue weighted by molar-refractivity contribution is -0.120. The van der Waals surface area contributed by atoms with Gasteiger partial charge in [-0.15, -0.1) is 0 Å². The van der Waals surface area contributed by atoms with Crippen molar-refractivity contribution in [2.75, 3.05) is 19.6 Å². The zero-order chi connectivity index (χ0) is 11.8. The first-order valence-electron chi connectivity index (χ1n) is 4.56. The molecule has 5 N–H and O–H groups in total. The minimum absolute atomic E-state index is 0.321. The summed E-state index contributed by atoms with van der Waals surface area (Å²) in [6.45, 7) is 1.70.